The average Bonchev–Trinajstić information content (AvgIpc) is 3.05. The molecule has 0 fully saturated rings. The minimum atomic E-state index is 0.396. The van der Waals surface area contributed by atoms with Gasteiger partial charge in [-0.2, -0.15) is 0 Å². The maximum atomic E-state index is 11.2. The minimum Gasteiger partial charge on any atom is -0.416 e. The molecule has 0 saturated carbocycles. The average molecular weight is 293 g/mol. The van der Waals surface area contributed by atoms with Crippen LogP contribution < -0.4 is 4.90 Å². The minimum absolute atomic E-state index is 0.396. The van der Waals surface area contributed by atoms with Gasteiger partial charge in [0.2, 0.25) is 11.8 Å². The Labute approximate surface area is 128 Å². The molecule has 0 atom stereocenters. The molecule has 22 heavy (non-hydrogen) atoms. The van der Waals surface area contributed by atoms with Gasteiger partial charge in [0.25, 0.3) is 0 Å². The van der Waals surface area contributed by atoms with E-state index in [1.165, 1.54) is 0 Å². The van der Waals surface area contributed by atoms with Gasteiger partial charge in [-0.1, -0.05) is 18.2 Å². The van der Waals surface area contributed by atoms with Crippen molar-refractivity contribution in [2.45, 2.75) is 0 Å². The first-order valence-corrected chi connectivity index (χ1v) is 6.85. The van der Waals surface area contributed by atoms with Gasteiger partial charge in [-0.15, -0.1) is 10.2 Å². The maximum Gasteiger partial charge on any atom is 0.248 e. The Morgan fingerprint density at radius 1 is 0.955 bits per heavy atom. The van der Waals surface area contributed by atoms with E-state index in [4.69, 9.17) is 4.42 Å². The second-order valence-corrected chi connectivity index (χ2v) is 5.06. The number of aromatic nitrogens is 2. The number of carbonyl (C=O) groups is 1. The van der Waals surface area contributed by atoms with Crippen LogP contribution in [-0.2, 0) is 0 Å². The molecule has 0 spiro atoms. The second kappa shape index (κ2) is 5.81. The van der Waals surface area contributed by atoms with Crippen LogP contribution in [0.4, 0.5) is 5.69 Å². The number of aldehydes is 1. The van der Waals surface area contributed by atoms with Crippen molar-refractivity contribution in [3.8, 4) is 22.9 Å². The van der Waals surface area contributed by atoms with Crippen LogP contribution in [0.25, 0.3) is 22.9 Å². The molecule has 0 amide bonds. The van der Waals surface area contributed by atoms with Crippen LogP contribution in [0.5, 0.6) is 0 Å². The summed E-state index contributed by atoms with van der Waals surface area (Å²) in [6.45, 7) is 0. The van der Waals surface area contributed by atoms with Crippen molar-refractivity contribution in [2.24, 2.45) is 0 Å². The highest BCUT2D eigenvalue weighted by atomic mass is 16.4. The number of carbonyl (C=O) groups excluding carboxylic acids is 1. The fourth-order valence-corrected chi connectivity index (χ4v) is 2.23. The van der Waals surface area contributed by atoms with Gasteiger partial charge < -0.3 is 9.32 Å². The Bertz CT molecular complexity index is 795. The van der Waals surface area contributed by atoms with E-state index >= 15 is 0 Å². The molecule has 0 bridgehead atoms. The molecular weight excluding hydrogens is 278 g/mol. The molecule has 3 rings (SSSR count). The van der Waals surface area contributed by atoms with E-state index in [-0.39, 0.29) is 0 Å². The first kappa shape index (κ1) is 14.0. The Hall–Kier alpha value is -2.95. The number of hydrogen-bond acceptors (Lipinski definition) is 5. The van der Waals surface area contributed by atoms with Crippen LogP contribution >= 0.6 is 0 Å². The van der Waals surface area contributed by atoms with E-state index in [9.17, 15) is 4.79 Å². The zero-order chi connectivity index (χ0) is 15.5. The van der Waals surface area contributed by atoms with Crippen molar-refractivity contribution >= 4 is 12.0 Å². The van der Waals surface area contributed by atoms with Crippen LogP contribution in [0.2, 0.25) is 0 Å². The van der Waals surface area contributed by atoms with E-state index in [2.05, 4.69) is 10.2 Å². The van der Waals surface area contributed by atoms with E-state index in [1.807, 2.05) is 61.5 Å². The van der Waals surface area contributed by atoms with E-state index in [1.54, 1.807) is 6.07 Å². The number of anilines is 1. The molecule has 0 saturated heterocycles. The highest BCUT2D eigenvalue weighted by molar-refractivity contribution is 5.86. The van der Waals surface area contributed by atoms with Gasteiger partial charge in [0.15, 0.2) is 6.29 Å². The smallest absolute Gasteiger partial charge is 0.248 e. The van der Waals surface area contributed by atoms with E-state index in [0.29, 0.717) is 17.3 Å². The lowest BCUT2D eigenvalue weighted by Gasteiger charge is -2.14. The van der Waals surface area contributed by atoms with Gasteiger partial charge in [0, 0.05) is 36.5 Å². The normalized spacial score (nSPS) is 10.5. The quantitative estimate of drug-likeness (QED) is 0.691. The Morgan fingerprint density at radius 3 is 2.27 bits per heavy atom. The SMILES string of the molecule is CN(C)c1ccc(-c2nnc(-c3ccccc3)o2)cc1C=O. The van der Waals surface area contributed by atoms with Crippen LogP contribution in [0, 0.1) is 0 Å². The third kappa shape index (κ3) is 2.61. The molecule has 0 aliphatic heterocycles. The van der Waals surface area contributed by atoms with Crippen LogP contribution in [-0.4, -0.2) is 30.6 Å². The summed E-state index contributed by atoms with van der Waals surface area (Å²) in [4.78, 5) is 13.1. The summed E-state index contributed by atoms with van der Waals surface area (Å²) in [7, 11) is 3.78. The fourth-order valence-electron chi connectivity index (χ4n) is 2.23. The maximum absolute atomic E-state index is 11.2. The van der Waals surface area contributed by atoms with Gasteiger partial charge in [-0.3, -0.25) is 4.79 Å². The largest absolute Gasteiger partial charge is 0.416 e. The molecule has 5 heteroatoms. The Balaban J connectivity index is 1.99. The third-order valence-electron chi connectivity index (χ3n) is 3.33. The summed E-state index contributed by atoms with van der Waals surface area (Å²) in [6.07, 6.45) is 0.827. The van der Waals surface area contributed by atoms with Crippen LogP contribution in [0.3, 0.4) is 0 Å². The van der Waals surface area contributed by atoms with Gasteiger partial charge in [0.05, 0.1) is 0 Å². The van der Waals surface area contributed by atoms with E-state index in [0.717, 1.165) is 23.1 Å². The molecule has 0 N–H and O–H groups in total. The molecule has 0 aliphatic rings. The molecule has 0 radical (unpaired) electrons. The van der Waals surface area contributed by atoms with Crippen molar-refractivity contribution in [1.29, 1.82) is 0 Å². The zero-order valence-corrected chi connectivity index (χ0v) is 12.4. The molecule has 0 aliphatic carbocycles. The Morgan fingerprint density at radius 2 is 1.64 bits per heavy atom. The highest BCUT2D eigenvalue weighted by Crippen LogP contribution is 2.27. The monoisotopic (exact) mass is 293 g/mol. The molecule has 5 nitrogen and oxygen atoms in total. The molecule has 1 aromatic heterocycles. The summed E-state index contributed by atoms with van der Waals surface area (Å²) in [5.41, 5.74) is 3.02. The first-order valence-electron chi connectivity index (χ1n) is 6.85. The summed E-state index contributed by atoms with van der Waals surface area (Å²) >= 11 is 0. The van der Waals surface area contributed by atoms with Gasteiger partial charge >= 0.3 is 0 Å². The standard InChI is InChI=1S/C17H15N3O2/c1-20(2)15-9-8-13(10-14(15)11-21)17-19-18-16(22-17)12-6-4-3-5-7-12/h3-11H,1-2H3. The van der Waals surface area contributed by atoms with Crippen molar-refractivity contribution in [2.75, 3.05) is 19.0 Å². The molecule has 1 heterocycles. The number of rotatable bonds is 4. The van der Waals surface area contributed by atoms with E-state index < -0.39 is 0 Å². The van der Waals surface area contributed by atoms with Crippen molar-refractivity contribution in [3.05, 3.63) is 54.1 Å². The zero-order valence-electron chi connectivity index (χ0n) is 12.4. The molecule has 3 aromatic rings. The second-order valence-electron chi connectivity index (χ2n) is 5.06. The van der Waals surface area contributed by atoms with Crippen molar-refractivity contribution in [3.63, 3.8) is 0 Å². The lowest BCUT2D eigenvalue weighted by molar-refractivity contribution is 0.112. The number of nitrogens with zero attached hydrogens (tertiary/aromatic N) is 3. The van der Waals surface area contributed by atoms with Crippen LogP contribution in [0.1, 0.15) is 10.4 Å². The van der Waals surface area contributed by atoms with Crippen LogP contribution in [0.15, 0.2) is 52.9 Å². The van der Waals surface area contributed by atoms with Gasteiger partial charge in [-0.05, 0) is 30.3 Å². The molecule has 2 aromatic carbocycles. The van der Waals surface area contributed by atoms with Gasteiger partial charge in [0.1, 0.15) is 0 Å². The Kier molecular flexibility index (Phi) is 3.70. The molecular formula is C17H15N3O2. The summed E-state index contributed by atoms with van der Waals surface area (Å²) in [5.74, 6) is 0.854. The number of hydrogen-bond donors (Lipinski definition) is 0. The molecule has 110 valence electrons. The fraction of sp³-hybridized carbons (Fsp3) is 0.118. The predicted octanol–water partition coefficient (Wildman–Crippen LogP) is 3.28. The van der Waals surface area contributed by atoms with Crippen molar-refractivity contribution in [1.82, 2.24) is 10.2 Å². The molecule has 0 unspecified atom stereocenters. The van der Waals surface area contributed by atoms with Gasteiger partial charge in [-0.25, -0.2) is 0 Å². The first-order chi connectivity index (χ1) is 10.7. The summed E-state index contributed by atoms with van der Waals surface area (Å²) < 4.78 is 5.70. The summed E-state index contributed by atoms with van der Waals surface area (Å²) in [5, 5.41) is 8.13. The lowest BCUT2D eigenvalue weighted by atomic mass is 10.1. The third-order valence-corrected chi connectivity index (χ3v) is 3.33. The van der Waals surface area contributed by atoms with Crippen molar-refractivity contribution < 1.29 is 9.21 Å². The number of benzene rings is 2. The summed E-state index contributed by atoms with van der Waals surface area (Å²) in [6, 6.07) is 15.1. The highest BCUT2D eigenvalue weighted by Gasteiger charge is 2.12. The predicted molar refractivity (Wildman–Crippen MR) is 84.9 cm³/mol. The topological polar surface area (TPSA) is 59.2 Å². The lowest BCUT2D eigenvalue weighted by Crippen LogP contribution is -2.11.